The third kappa shape index (κ3) is 11.9. The van der Waals surface area contributed by atoms with Crippen molar-refractivity contribution in [1.29, 1.82) is 0 Å². The van der Waals surface area contributed by atoms with Gasteiger partial charge < -0.3 is 19.7 Å². The Morgan fingerprint density at radius 1 is 0.722 bits per heavy atom. The number of halogens is 1. The molecule has 0 radical (unpaired) electrons. The molecule has 0 amide bonds. The van der Waals surface area contributed by atoms with Crippen molar-refractivity contribution in [2.75, 3.05) is 26.4 Å². The second kappa shape index (κ2) is 19.9. The van der Waals surface area contributed by atoms with Gasteiger partial charge in [-0.15, -0.1) is 0 Å². The summed E-state index contributed by atoms with van der Waals surface area (Å²) >= 11 is 0. The molecule has 0 aromatic heterocycles. The minimum atomic E-state index is -0.638. The highest BCUT2D eigenvalue weighted by Gasteiger charge is 2.30. The number of carbonyl (C=O) groups excluding carboxylic acids is 1. The summed E-state index contributed by atoms with van der Waals surface area (Å²) in [4.78, 5) is 12.2. The number of hydrogen-bond donors (Lipinski definition) is 2. The average molecular weight is 737 g/mol. The second-order valence-electron chi connectivity index (χ2n) is 16.0. The molecule has 0 aliphatic carbocycles. The number of esters is 1. The lowest BCUT2D eigenvalue weighted by atomic mass is 9.76. The van der Waals surface area contributed by atoms with Crippen LogP contribution in [-0.4, -0.2) is 42.6 Å². The lowest BCUT2D eigenvalue weighted by molar-refractivity contribution is -0.138. The predicted molar refractivity (Wildman–Crippen MR) is 220 cm³/mol. The fourth-order valence-electron chi connectivity index (χ4n) is 6.68. The van der Waals surface area contributed by atoms with Crippen LogP contribution >= 0.6 is 0 Å². The molecule has 290 valence electrons. The van der Waals surface area contributed by atoms with E-state index in [1.165, 1.54) is 24.8 Å². The number of aliphatic hydroxyl groups is 2. The van der Waals surface area contributed by atoms with Crippen LogP contribution in [0.2, 0.25) is 0 Å². The van der Waals surface area contributed by atoms with Gasteiger partial charge in [0.2, 0.25) is 0 Å². The molecule has 6 heteroatoms. The number of carbonyl (C=O) groups is 1. The zero-order valence-corrected chi connectivity index (χ0v) is 33.4. The van der Waals surface area contributed by atoms with Gasteiger partial charge in [-0.05, 0) is 114 Å². The lowest BCUT2D eigenvalue weighted by Crippen LogP contribution is -2.33. The molecule has 0 unspecified atom stereocenters. The van der Waals surface area contributed by atoms with Gasteiger partial charge in [-0.2, -0.15) is 0 Å². The average Bonchev–Trinajstić information content (AvgIpc) is 3.16. The summed E-state index contributed by atoms with van der Waals surface area (Å²) in [7, 11) is 0. The molecule has 4 rings (SSSR count). The first-order chi connectivity index (χ1) is 25.8. The number of rotatable bonds is 20. The summed E-state index contributed by atoms with van der Waals surface area (Å²) in [6.45, 7) is 16.3. The highest BCUT2D eigenvalue weighted by Crippen LogP contribution is 2.36. The number of hydrogen-bond acceptors (Lipinski definition) is 5. The van der Waals surface area contributed by atoms with Crippen molar-refractivity contribution in [3.8, 4) is 39.1 Å². The Morgan fingerprint density at radius 3 is 1.98 bits per heavy atom. The van der Waals surface area contributed by atoms with E-state index in [0.29, 0.717) is 42.8 Å². The van der Waals surface area contributed by atoms with Gasteiger partial charge in [0.25, 0.3) is 0 Å². The molecule has 4 aromatic carbocycles. The molecule has 5 nitrogen and oxygen atoms in total. The van der Waals surface area contributed by atoms with E-state index in [1.807, 2.05) is 36.4 Å². The smallest absolute Gasteiger partial charge is 0.333 e. The summed E-state index contributed by atoms with van der Waals surface area (Å²) in [5, 5.41) is 20.5. The normalized spacial score (nSPS) is 11.8. The highest BCUT2D eigenvalue weighted by molar-refractivity contribution is 5.87. The fourth-order valence-corrected chi connectivity index (χ4v) is 6.68. The molecule has 0 atom stereocenters. The van der Waals surface area contributed by atoms with Crippen molar-refractivity contribution in [2.24, 2.45) is 10.8 Å². The fraction of sp³-hybridized carbons (Fsp3) is 0.438. The maximum absolute atomic E-state index is 15.7. The molecule has 2 N–H and O–H groups in total. The second-order valence-corrected chi connectivity index (χ2v) is 16.0. The van der Waals surface area contributed by atoms with E-state index in [9.17, 15) is 15.0 Å². The Labute approximate surface area is 323 Å². The van der Waals surface area contributed by atoms with E-state index in [4.69, 9.17) is 9.47 Å². The molecule has 0 spiro atoms. The SMILES string of the molecule is C=C(C)C(=O)OCCc1cc(-c2ccc(-c3ccc(-c4ccc(CCCCC)cc4)cc3F)cc2CC)ccc1OCCC(CO)(CO)CCC(C)(C)C. The molecule has 0 heterocycles. The van der Waals surface area contributed by atoms with Crippen LogP contribution in [0.1, 0.15) is 96.8 Å². The van der Waals surface area contributed by atoms with Crippen molar-refractivity contribution in [3.05, 3.63) is 114 Å². The standard InChI is InChI=1S/C48H61FO5/c1-8-10-11-12-35-13-15-37(16-14-35)38-17-21-43(44(49)31-38)40-18-20-42(36(9-2)29-40)39-19-22-45(41(30-39)23-27-54-46(52)34(3)4)53-28-26-48(32-50,33-51)25-24-47(5,6)7/h13-22,29-31,50-51H,3,8-12,23-28,32-33H2,1-2,4-7H3. The number of ether oxygens (including phenoxy) is 2. The zero-order chi connectivity index (χ0) is 39.3. The minimum absolute atomic E-state index is 0.0789. The van der Waals surface area contributed by atoms with Gasteiger partial charge in [-0.1, -0.05) is 115 Å². The first kappa shape index (κ1) is 42.5. The number of aliphatic hydroxyl groups excluding tert-OH is 2. The summed E-state index contributed by atoms with van der Waals surface area (Å²) in [5.74, 6) is -0.0380. The van der Waals surface area contributed by atoms with Crippen molar-refractivity contribution in [2.45, 2.75) is 99.3 Å². The number of unbranched alkanes of at least 4 members (excludes halogenated alkanes) is 2. The molecular weight excluding hydrogens is 676 g/mol. The van der Waals surface area contributed by atoms with Crippen LogP contribution in [0.5, 0.6) is 5.75 Å². The molecule has 0 aliphatic rings. The Balaban J connectivity index is 1.57. The van der Waals surface area contributed by atoms with Gasteiger partial charge in [0.1, 0.15) is 11.6 Å². The topological polar surface area (TPSA) is 76.0 Å². The van der Waals surface area contributed by atoms with Gasteiger partial charge >= 0.3 is 5.97 Å². The highest BCUT2D eigenvalue weighted by atomic mass is 19.1. The van der Waals surface area contributed by atoms with E-state index in [2.05, 4.69) is 77.6 Å². The van der Waals surface area contributed by atoms with Crippen LogP contribution in [-0.2, 0) is 28.8 Å². The van der Waals surface area contributed by atoms with Gasteiger partial charge in [-0.3, -0.25) is 0 Å². The van der Waals surface area contributed by atoms with Gasteiger partial charge in [0.05, 0.1) is 26.4 Å². The van der Waals surface area contributed by atoms with Crippen molar-refractivity contribution < 1.29 is 28.9 Å². The largest absolute Gasteiger partial charge is 0.493 e. The predicted octanol–water partition coefficient (Wildman–Crippen LogP) is 11.3. The Morgan fingerprint density at radius 2 is 1.35 bits per heavy atom. The molecule has 54 heavy (non-hydrogen) atoms. The molecule has 0 aliphatic heterocycles. The summed E-state index contributed by atoms with van der Waals surface area (Å²) in [6.07, 6.45) is 7.90. The van der Waals surface area contributed by atoms with Crippen LogP contribution in [0, 0.1) is 16.6 Å². The maximum Gasteiger partial charge on any atom is 0.333 e. The van der Waals surface area contributed by atoms with E-state index in [0.717, 1.165) is 58.2 Å². The van der Waals surface area contributed by atoms with Crippen LogP contribution in [0.4, 0.5) is 4.39 Å². The molecular formula is C48H61FO5. The summed E-state index contributed by atoms with van der Waals surface area (Å²) < 4.78 is 27.5. The Hall–Kier alpha value is -4.26. The Bertz CT molecular complexity index is 1830. The van der Waals surface area contributed by atoms with Gasteiger partial charge in [0, 0.05) is 23.0 Å². The van der Waals surface area contributed by atoms with Gasteiger partial charge in [-0.25, -0.2) is 9.18 Å². The maximum atomic E-state index is 15.7. The summed E-state index contributed by atoms with van der Waals surface area (Å²) in [6, 6.07) is 26.1. The number of benzene rings is 4. The molecule has 0 saturated heterocycles. The van der Waals surface area contributed by atoms with E-state index >= 15 is 4.39 Å². The lowest BCUT2D eigenvalue weighted by Gasteiger charge is -2.32. The van der Waals surface area contributed by atoms with Crippen molar-refractivity contribution in [3.63, 3.8) is 0 Å². The molecule has 0 saturated carbocycles. The van der Waals surface area contributed by atoms with E-state index in [-0.39, 0.29) is 31.1 Å². The first-order valence-corrected chi connectivity index (χ1v) is 19.6. The monoisotopic (exact) mass is 736 g/mol. The third-order valence-electron chi connectivity index (χ3n) is 10.4. The Kier molecular flexibility index (Phi) is 15.6. The third-order valence-corrected chi connectivity index (χ3v) is 10.4. The zero-order valence-electron chi connectivity index (χ0n) is 33.4. The van der Waals surface area contributed by atoms with Crippen molar-refractivity contribution >= 4 is 5.97 Å². The van der Waals surface area contributed by atoms with Gasteiger partial charge in [0.15, 0.2) is 0 Å². The first-order valence-electron chi connectivity index (χ1n) is 19.6. The molecule has 4 aromatic rings. The van der Waals surface area contributed by atoms with Crippen LogP contribution in [0.15, 0.2) is 91.0 Å². The minimum Gasteiger partial charge on any atom is -0.493 e. The molecule has 0 bridgehead atoms. The van der Waals surface area contributed by atoms with E-state index in [1.54, 1.807) is 13.0 Å². The summed E-state index contributed by atoms with van der Waals surface area (Å²) in [5.41, 5.74) is 8.30. The van der Waals surface area contributed by atoms with E-state index < -0.39 is 11.4 Å². The van der Waals surface area contributed by atoms with Crippen LogP contribution < -0.4 is 4.74 Å². The van der Waals surface area contributed by atoms with Crippen molar-refractivity contribution in [1.82, 2.24) is 0 Å². The van der Waals surface area contributed by atoms with Crippen LogP contribution in [0.25, 0.3) is 33.4 Å². The molecule has 0 fully saturated rings. The quantitative estimate of drug-likeness (QED) is 0.0537. The number of aryl methyl sites for hydroxylation is 2. The van der Waals surface area contributed by atoms with Crippen LogP contribution in [0.3, 0.4) is 0 Å².